The van der Waals surface area contributed by atoms with Gasteiger partial charge in [0.1, 0.15) is 5.01 Å². The summed E-state index contributed by atoms with van der Waals surface area (Å²) in [6.45, 7) is 5.23. The van der Waals surface area contributed by atoms with Crippen molar-refractivity contribution in [3.05, 3.63) is 15.6 Å². The van der Waals surface area contributed by atoms with E-state index in [2.05, 4.69) is 10.3 Å². The van der Waals surface area contributed by atoms with Crippen molar-refractivity contribution in [2.24, 2.45) is 0 Å². The molecule has 0 aromatic carbocycles. The van der Waals surface area contributed by atoms with Gasteiger partial charge in [0.2, 0.25) is 0 Å². The summed E-state index contributed by atoms with van der Waals surface area (Å²) in [5.41, 5.74) is -1.17. The Bertz CT molecular complexity index is 382. The summed E-state index contributed by atoms with van der Waals surface area (Å²) in [5, 5.41) is 11.9. The van der Waals surface area contributed by atoms with E-state index in [9.17, 15) is 13.2 Å². The zero-order valence-electron chi connectivity index (χ0n) is 9.85. The van der Waals surface area contributed by atoms with Crippen LogP contribution in [-0.2, 0) is 19.3 Å². The number of aliphatic hydroxyl groups is 1. The minimum atomic E-state index is -4.47. The largest absolute Gasteiger partial charge is 0.434 e. The average molecular weight is 268 g/mol. The van der Waals surface area contributed by atoms with Crippen LogP contribution in [0.3, 0.4) is 0 Å². The lowest BCUT2D eigenvalue weighted by molar-refractivity contribution is -0.141. The van der Waals surface area contributed by atoms with E-state index in [1.807, 2.05) is 20.8 Å². The molecule has 0 unspecified atom stereocenters. The fourth-order valence-corrected chi connectivity index (χ4v) is 2.04. The Kier molecular flexibility index (Phi) is 4.16. The second-order valence-corrected chi connectivity index (χ2v) is 5.81. The maximum atomic E-state index is 12.7. The Hall–Kier alpha value is -0.660. The van der Waals surface area contributed by atoms with Crippen molar-refractivity contribution in [2.45, 2.75) is 45.6 Å². The van der Waals surface area contributed by atoms with Gasteiger partial charge in [0.15, 0.2) is 5.69 Å². The van der Waals surface area contributed by atoms with E-state index in [-0.39, 0.29) is 22.0 Å². The van der Waals surface area contributed by atoms with Crippen LogP contribution in [0, 0.1) is 0 Å². The van der Waals surface area contributed by atoms with Crippen LogP contribution in [0.1, 0.15) is 36.3 Å². The molecule has 0 bridgehead atoms. The van der Waals surface area contributed by atoms with E-state index in [0.717, 1.165) is 11.3 Å². The molecule has 0 fully saturated rings. The number of hydrogen-bond acceptors (Lipinski definition) is 4. The molecule has 7 heteroatoms. The number of hydrogen-bond donors (Lipinski definition) is 2. The molecule has 0 radical (unpaired) electrons. The molecule has 2 N–H and O–H groups in total. The molecule has 1 aromatic heterocycles. The zero-order chi connectivity index (χ0) is 13.3. The van der Waals surface area contributed by atoms with Gasteiger partial charge in [0.25, 0.3) is 0 Å². The minimum Gasteiger partial charge on any atom is -0.389 e. The number of rotatable bonds is 3. The molecular formula is C10H15F3N2OS. The van der Waals surface area contributed by atoms with Gasteiger partial charge in [0, 0.05) is 12.1 Å². The van der Waals surface area contributed by atoms with Gasteiger partial charge in [-0.15, -0.1) is 11.3 Å². The molecule has 98 valence electrons. The van der Waals surface area contributed by atoms with E-state index in [0.29, 0.717) is 0 Å². The van der Waals surface area contributed by atoms with Crippen molar-refractivity contribution in [1.29, 1.82) is 0 Å². The molecule has 0 aliphatic rings. The van der Waals surface area contributed by atoms with Gasteiger partial charge in [-0.3, -0.25) is 0 Å². The lowest BCUT2D eigenvalue weighted by Gasteiger charge is -2.20. The van der Waals surface area contributed by atoms with Crippen LogP contribution in [0.15, 0.2) is 0 Å². The third-order valence-corrected chi connectivity index (χ3v) is 2.96. The zero-order valence-corrected chi connectivity index (χ0v) is 10.7. The molecule has 1 aromatic rings. The molecule has 17 heavy (non-hydrogen) atoms. The summed E-state index contributed by atoms with van der Waals surface area (Å²) < 4.78 is 38.0. The molecule has 3 nitrogen and oxygen atoms in total. The number of nitrogens with zero attached hydrogens (tertiary/aromatic N) is 1. The molecule has 0 spiro atoms. The van der Waals surface area contributed by atoms with Crippen molar-refractivity contribution in [3.63, 3.8) is 0 Å². The van der Waals surface area contributed by atoms with E-state index in [1.165, 1.54) is 0 Å². The second kappa shape index (κ2) is 4.91. The number of thiazole rings is 1. The van der Waals surface area contributed by atoms with Crippen molar-refractivity contribution >= 4 is 11.3 Å². The van der Waals surface area contributed by atoms with Crippen molar-refractivity contribution < 1.29 is 18.3 Å². The first-order valence-electron chi connectivity index (χ1n) is 5.05. The summed E-state index contributed by atoms with van der Waals surface area (Å²) in [5.74, 6) is 0. The molecule has 1 rings (SSSR count). The Morgan fingerprint density at radius 2 is 1.88 bits per heavy atom. The van der Waals surface area contributed by atoms with Gasteiger partial charge in [-0.25, -0.2) is 4.98 Å². The van der Waals surface area contributed by atoms with E-state index < -0.39 is 18.5 Å². The fraction of sp³-hybridized carbons (Fsp3) is 0.700. The van der Waals surface area contributed by atoms with Crippen LogP contribution in [0.4, 0.5) is 13.2 Å². The highest BCUT2D eigenvalue weighted by Gasteiger charge is 2.37. The standard InChI is InChI=1S/C10H15F3N2OS/c1-9(2,3)14-4-6-8(10(11,12)13)15-7(5-16)17-6/h14,16H,4-5H2,1-3H3. The summed E-state index contributed by atoms with van der Waals surface area (Å²) in [6, 6.07) is 0. The first-order chi connectivity index (χ1) is 7.63. The Balaban J connectivity index is 2.93. The maximum absolute atomic E-state index is 12.7. The molecule has 0 aliphatic heterocycles. The highest BCUT2D eigenvalue weighted by atomic mass is 32.1. The number of aromatic nitrogens is 1. The van der Waals surface area contributed by atoms with Crippen molar-refractivity contribution in [3.8, 4) is 0 Å². The molecule has 0 atom stereocenters. The van der Waals surface area contributed by atoms with Gasteiger partial charge in [-0.1, -0.05) is 0 Å². The number of aliphatic hydroxyl groups excluding tert-OH is 1. The highest BCUT2D eigenvalue weighted by molar-refractivity contribution is 7.11. The predicted molar refractivity (Wildman–Crippen MR) is 59.6 cm³/mol. The van der Waals surface area contributed by atoms with Gasteiger partial charge in [0.05, 0.1) is 11.5 Å². The number of alkyl halides is 3. The van der Waals surface area contributed by atoms with Gasteiger partial charge in [-0.2, -0.15) is 13.2 Å². The predicted octanol–water partition coefficient (Wildman–Crippen LogP) is 2.54. The minimum absolute atomic E-state index is 0.0861. The fourth-order valence-electron chi connectivity index (χ4n) is 1.15. The van der Waals surface area contributed by atoms with Gasteiger partial charge < -0.3 is 10.4 Å². The normalized spacial score (nSPS) is 13.1. The third kappa shape index (κ3) is 4.25. The van der Waals surface area contributed by atoms with Crippen LogP contribution in [0.2, 0.25) is 0 Å². The van der Waals surface area contributed by atoms with Crippen LogP contribution < -0.4 is 5.32 Å². The lowest BCUT2D eigenvalue weighted by atomic mass is 10.1. The first-order valence-corrected chi connectivity index (χ1v) is 5.87. The SMILES string of the molecule is CC(C)(C)NCc1sc(CO)nc1C(F)(F)F. The molecular weight excluding hydrogens is 253 g/mol. The quantitative estimate of drug-likeness (QED) is 0.885. The summed E-state index contributed by atoms with van der Waals surface area (Å²) >= 11 is 0.883. The second-order valence-electron chi connectivity index (χ2n) is 4.64. The summed E-state index contributed by atoms with van der Waals surface area (Å²) in [6.07, 6.45) is -4.47. The first kappa shape index (κ1) is 14.4. The molecule has 0 saturated carbocycles. The molecule has 0 saturated heterocycles. The maximum Gasteiger partial charge on any atom is 0.434 e. The lowest BCUT2D eigenvalue weighted by Crippen LogP contribution is -2.35. The van der Waals surface area contributed by atoms with Crippen LogP contribution in [0.25, 0.3) is 0 Å². The monoisotopic (exact) mass is 268 g/mol. The van der Waals surface area contributed by atoms with Crippen molar-refractivity contribution in [1.82, 2.24) is 10.3 Å². The number of nitrogens with one attached hydrogen (secondary N) is 1. The van der Waals surface area contributed by atoms with E-state index in [1.54, 1.807) is 0 Å². The van der Waals surface area contributed by atoms with E-state index >= 15 is 0 Å². The third-order valence-electron chi connectivity index (χ3n) is 1.92. The highest BCUT2D eigenvalue weighted by Crippen LogP contribution is 2.34. The Labute approximate surface area is 102 Å². The Morgan fingerprint density at radius 1 is 1.29 bits per heavy atom. The van der Waals surface area contributed by atoms with Crippen LogP contribution in [-0.4, -0.2) is 15.6 Å². The summed E-state index contributed by atoms with van der Waals surface area (Å²) in [4.78, 5) is 3.51. The topological polar surface area (TPSA) is 45.1 Å². The Morgan fingerprint density at radius 3 is 2.29 bits per heavy atom. The van der Waals surface area contributed by atoms with Gasteiger partial charge >= 0.3 is 6.18 Å². The van der Waals surface area contributed by atoms with Crippen LogP contribution >= 0.6 is 11.3 Å². The van der Waals surface area contributed by atoms with Crippen LogP contribution in [0.5, 0.6) is 0 Å². The summed E-state index contributed by atoms with van der Waals surface area (Å²) in [7, 11) is 0. The van der Waals surface area contributed by atoms with E-state index in [4.69, 9.17) is 5.11 Å². The molecule has 0 amide bonds. The molecule has 0 aliphatic carbocycles. The average Bonchev–Trinajstić information content (AvgIpc) is 2.56. The molecule has 1 heterocycles. The van der Waals surface area contributed by atoms with Crippen molar-refractivity contribution in [2.75, 3.05) is 0 Å². The number of halogens is 3. The van der Waals surface area contributed by atoms with Gasteiger partial charge in [-0.05, 0) is 20.8 Å². The smallest absolute Gasteiger partial charge is 0.389 e.